The lowest BCUT2D eigenvalue weighted by atomic mass is 10.0. The summed E-state index contributed by atoms with van der Waals surface area (Å²) in [6.07, 6.45) is 2.69. The van der Waals surface area contributed by atoms with Crippen LogP contribution in [-0.4, -0.2) is 40.4 Å². The molecule has 192 valence electrons. The van der Waals surface area contributed by atoms with Gasteiger partial charge in [-0.05, 0) is 42.0 Å². The lowest BCUT2D eigenvalue weighted by molar-refractivity contribution is -0.136. The van der Waals surface area contributed by atoms with Crippen molar-refractivity contribution in [1.82, 2.24) is 19.7 Å². The molecule has 15 heteroatoms. The van der Waals surface area contributed by atoms with Crippen LogP contribution in [0.3, 0.4) is 0 Å². The molecule has 0 amide bonds. The number of carbonyl (C=O) groups is 1. The van der Waals surface area contributed by atoms with Gasteiger partial charge in [-0.1, -0.05) is 23.2 Å². The van der Waals surface area contributed by atoms with E-state index in [0.717, 1.165) is 30.0 Å². The average molecular weight is 584 g/mol. The number of ether oxygens (including phenoxy) is 1. The van der Waals surface area contributed by atoms with Crippen LogP contribution in [0.5, 0.6) is 11.5 Å². The zero-order valence-corrected chi connectivity index (χ0v) is 21.6. The third-order valence-electron chi connectivity index (χ3n) is 4.73. The van der Waals surface area contributed by atoms with E-state index in [1.54, 1.807) is 30.3 Å². The number of hydrogen-bond acceptors (Lipinski definition) is 9. The van der Waals surface area contributed by atoms with Gasteiger partial charge in [-0.25, -0.2) is 17.8 Å². The third-order valence-corrected chi connectivity index (χ3v) is 7.32. The number of pyridine rings is 1. The van der Waals surface area contributed by atoms with E-state index in [9.17, 15) is 17.6 Å². The van der Waals surface area contributed by atoms with Crippen molar-refractivity contribution in [3.8, 4) is 22.6 Å². The highest BCUT2D eigenvalue weighted by atomic mass is 35.5. The second kappa shape index (κ2) is 11.4. The second-order valence-electron chi connectivity index (χ2n) is 7.34. The van der Waals surface area contributed by atoms with Crippen LogP contribution in [0.25, 0.3) is 11.1 Å². The molecule has 0 saturated heterocycles. The number of nitrogens with one attached hydrogen (secondary N) is 2. The molecule has 4 aromatic rings. The Hall–Kier alpha value is -3.36. The summed E-state index contributed by atoms with van der Waals surface area (Å²) in [7, 11) is -4.32. The van der Waals surface area contributed by atoms with E-state index in [2.05, 4.69) is 24.4 Å². The smallest absolute Gasteiger partial charge is 0.317 e. The number of aromatic nitrogens is 3. The fourth-order valence-corrected chi connectivity index (χ4v) is 5.34. The number of anilines is 1. The molecule has 0 radical (unpaired) electrons. The Morgan fingerprint density at radius 3 is 2.65 bits per heavy atom. The Balaban J connectivity index is 1.63. The zero-order chi connectivity index (χ0) is 26.6. The monoisotopic (exact) mass is 583 g/mol. The number of halogens is 3. The summed E-state index contributed by atoms with van der Waals surface area (Å²) in [5, 5.41) is 11.8. The molecule has 2 aromatic heterocycles. The van der Waals surface area contributed by atoms with Crippen LogP contribution >= 0.6 is 34.7 Å². The van der Waals surface area contributed by atoms with Gasteiger partial charge in [-0.2, -0.15) is 4.37 Å². The van der Waals surface area contributed by atoms with E-state index in [0.29, 0.717) is 21.8 Å². The number of nitrogens with zero attached hydrogens (tertiary/aromatic N) is 3. The van der Waals surface area contributed by atoms with Crippen LogP contribution in [0.15, 0.2) is 59.9 Å². The zero-order valence-electron chi connectivity index (χ0n) is 18.5. The molecule has 4 rings (SSSR count). The molecule has 3 N–H and O–H groups in total. The maximum Gasteiger partial charge on any atom is 0.317 e. The van der Waals surface area contributed by atoms with Gasteiger partial charge in [0.15, 0.2) is 0 Å². The van der Waals surface area contributed by atoms with Crippen molar-refractivity contribution < 1.29 is 27.4 Å². The number of sulfonamides is 1. The van der Waals surface area contributed by atoms with Gasteiger partial charge in [-0.3, -0.25) is 14.5 Å². The van der Waals surface area contributed by atoms with Crippen molar-refractivity contribution in [2.75, 3.05) is 11.3 Å². The molecule has 0 atom stereocenters. The molecule has 37 heavy (non-hydrogen) atoms. The molecule has 0 unspecified atom stereocenters. The molecule has 0 saturated carbocycles. The molecular weight excluding hydrogens is 568 g/mol. The Morgan fingerprint density at radius 2 is 1.92 bits per heavy atom. The summed E-state index contributed by atoms with van der Waals surface area (Å²) >= 11 is 13.3. The van der Waals surface area contributed by atoms with Crippen LogP contribution in [0, 0.1) is 5.82 Å². The summed E-state index contributed by atoms with van der Waals surface area (Å²) in [6, 6.07) is 9.94. The van der Waals surface area contributed by atoms with Crippen molar-refractivity contribution in [3.63, 3.8) is 0 Å². The number of carboxylic acid groups (broad SMARTS) is 1. The molecule has 0 fully saturated rings. The minimum absolute atomic E-state index is 0.0310. The first-order valence-corrected chi connectivity index (χ1v) is 13.3. The van der Waals surface area contributed by atoms with Crippen molar-refractivity contribution in [1.29, 1.82) is 0 Å². The minimum atomic E-state index is -4.32. The Kier molecular flexibility index (Phi) is 8.19. The Morgan fingerprint density at radius 1 is 1.11 bits per heavy atom. The van der Waals surface area contributed by atoms with E-state index >= 15 is 0 Å². The standard InChI is InChI=1S/C22H16Cl2FN5O5S2/c23-13-1-2-18(15(6-13)12-3-4-27-14(5-12)9-26-10-21(31)32)35-19-8-17(25)20(7-16(19)24)37(33,34)30-22-28-11-29-36-22/h1-8,11,26H,9-10H2,(H,31,32)(H,28,29,30). The van der Waals surface area contributed by atoms with E-state index in [4.69, 9.17) is 33.0 Å². The van der Waals surface area contributed by atoms with Crippen molar-refractivity contribution in [2.45, 2.75) is 11.4 Å². The van der Waals surface area contributed by atoms with Gasteiger partial charge in [0.1, 0.15) is 28.5 Å². The number of benzene rings is 2. The van der Waals surface area contributed by atoms with E-state index in [-0.39, 0.29) is 34.7 Å². The molecule has 10 nitrogen and oxygen atoms in total. The Labute approximate surface area is 224 Å². The highest BCUT2D eigenvalue weighted by Crippen LogP contribution is 2.39. The van der Waals surface area contributed by atoms with Gasteiger partial charge in [0.25, 0.3) is 10.0 Å². The largest absolute Gasteiger partial charge is 0.480 e. The molecule has 0 spiro atoms. The quantitative estimate of drug-likeness (QED) is 0.239. The maximum absolute atomic E-state index is 14.9. The molecule has 0 bridgehead atoms. The molecule has 2 aromatic carbocycles. The van der Waals surface area contributed by atoms with E-state index in [1.807, 2.05) is 0 Å². The normalized spacial score (nSPS) is 11.3. The van der Waals surface area contributed by atoms with Crippen molar-refractivity contribution >= 4 is 55.9 Å². The van der Waals surface area contributed by atoms with Gasteiger partial charge in [-0.15, -0.1) is 0 Å². The number of hydrogen-bond donors (Lipinski definition) is 3. The number of carboxylic acids is 1. The van der Waals surface area contributed by atoms with Gasteiger partial charge >= 0.3 is 5.97 Å². The van der Waals surface area contributed by atoms with Crippen LogP contribution in [0.4, 0.5) is 9.52 Å². The lowest BCUT2D eigenvalue weighted by Gasteiger charge is -2.15. The average Bonchev–Trinajstić information content (AvgIpc) is 3.34. The van der Waals surface area contributed by atoms with E-state index in [1.165, 1.54) is 6.20 Å². The number of aliphatic carboxylic acids is 1. The van der Waals surface area contributed by atoms with Crippen LogP contribution in [0.2, 0.25) is 10.0 Å². The molecule has 2 heterocycles. The van der Waals surface area contributed by atoms with Crippen LogP contribution < -0.4 is 14.8 Å². The second-order valence-corrected chi connectivity index (χ2v) is 10.6. The fourth-order valence-electron chi connectivity index (χ4n) is 3.16. The SMILES string of the molecule is O=C(O)CNCc1cc(-c2cc(Cl)ccc2Oc2cc(F)c(S(=O)(=O)Nc3ncns3)cc2Cl)ccn1. The summed E-state index contributed by atoms with van der Waals surface area (Å²) in [5.41, 5.74) is 1.71. The van der Waals surface area contributed by atoms with Crippen molar-refractivity contribution in [2.24, 2.45) is 0 Å². The number of rotatable bonds is 10. The van der Waals surface area contributed by atoms with Gasteiger partial charge in [0.05, 0.1) is 17.3 Å². The molecule has 0 aliphatic rings. The molecule has 0 aliphatic heterocycles. The van der Waals surface area contributed by atoms with Gasteiger partial charge in [0.2, 0.25) is 5.13 Å². The predicted molar refractivity (Wildman–Crippen MR) is 136 cm³/mol. The summed E-state index contributed by atoms with van der Waals surface area (Å²) in [6.45, 7) is -0.0293. The minimum Gasteiger partial charge on any atom is -0.480 e. The first kappa shape index (κ1) is 26.7. The van der Waals surface area contributed by atoms with E-state index < -0.39 is 26.7 Å². The van der Waals surface area contributed by atoms with Gasteiger partial charge in [0, 0.05) is 40.9 Å². The van der Waals surface area contributed by atoms with Gasteiger partial charge < -0.3 is 15.2 Å². The first-order chi connectivity index (χ1) is 17.6. The summed E-state index contributed by atoms with van der Waals surface area (Å²) in [5.74, 6) is -1.97. The first-order valence-electron chi connectivity index (χ1n) is 10.3. The molecular formula is C22H16Cl2FN5O5S2. The fraction of sp³-hybridized carbons (Fsp3) is 0.0909. The topological polar surface area (TPSA) is 143 Å². The van der Waals surface area contributed by atoms with Crippen LogP contribution in [-0.2, 0) is 21.4 Å². The van der Waals surface area contributed by atoms with Crippen LogP contribution in [0.1, 0.15) is 5.69 Å². The Bertz CT molecular complexity index is 1560. The van der Waals surface area contributed by atoms with Crippen molar-refractivity contribution in [3.05, 3.63) is 76.5 Å². The lowest BCUT2D eigenvalue weighted by Crippen LogP contribution is -2.22. The summed E-state index contributed by atoms with van der Waals surface area (Å²) < 4.78 is 51.8. The summed E-state index contributed by atoms with van der Waals surface area (Å²) in [4.78, 5) is 18.0. The predicted octanol–water partition coefficient (Wildman–Crippen LogP) is 4.81. The third kappa shape index (κ3) is 6.70. The highest BCUT2D eigenvalue weighted by Gasteiger charge is 2.24. The molecule has 0 aliphatic carbocycles. The maximum atomic E-state index is 14.9. The highest BCUT2D eigenvalue weighted by molar-refractivity contribution is 7.93.